The number of fused-ring (bicyclic) bond motifs is 1. The van der Waals surface area contributed by atoms with Crippen molar-refractivity contribution in [2.75, 3.05) is 12.4 Å². The van der Waals surface area contributed by atoms with Gasteiger partial charge < -0.3 is 10.1 Å². The summed E-state index contributed by atoms with van der Waals surface area (Å²) in [5, 5.41) is 4.07. The first-order chi connectivity index (χ1) is 14.0. The Morgan fingerprint density at radius 2 is 1.76 bits per heavy atom. The van der Waals surface area contributed by atoms with Crippen LogP contribution in [0.25, 0.3) is 16.9 Å². The molecule has 0 saturated heterocycles. The lowest BCUT2D eigenvalue weighted by Gasteiger charge is -2.10. The van der Waals surface area contributed by atoms with Crippen LogP contribution in [0.4, 0.5) is 5.82 Å². The molecule has 29 heavy (non-hydrogen) atoms. The zero-order valence-electron chi connectivity index (χ0n) is 15.8. The minimum Gasteiger partial charge on any atom is -0.496 e. The number of methoxy groups -OCH3 is 1. The van der Waals surface area contributed by atoms with Crippen LogP contribution < -0.4 is 15.7 Å². The molecule has 0 fully saturated rings. The van der Waals surface area contributed by atoms with Crippen molar-refractivity contribution in [3.05, 3.63) is 80.7 Å². The monoisotopic (exact) mass is 428 g/mol. The first-order valence-corrected chi connectivity index (χ1v) is 9.65. The van der Waals surface area contributed by atoms with Gasteiger partial charge in [-0.15, -0.1) is 0 Å². The number of pyridine rings is 1. The van der Waals surface area contributed by atoms with Crippen molar-refractivity contribution in [2.45, 2.75) is 6.54 Å². The number of nitrogens with zero attached hydrogens (tertiary/aromatic N) is 3. The maximum absolute atomic E-state index is 12.9. The molecule has 0 unspecified atom stereocenters. The summed E-state index contributed by atoms with van der Waals surface area (Å²) >= 11 is 12.7. The number of anilines is 1. The molecule has 0 spiro atoms. The van der Waals surface area contributed by atoms with Crippen molar-refractivity contribution in [1.29, 1.82) is 0 Å². The van der Waals surface area contributed by atoms with Gasteiger partial charge in [0.05, 0.1) is 28.4 Å². The summed E-state index contributed by atoms with van der Waals surface area (Å²) in [4.78, 5) is 17.5. The van der Waals surface area contributed by atoms with Gasteiger partial charge >= 0.3 is 5.69 Å². The molecule has 1 N–H and O–H groups in total. The van der Waals surface area contributed by atoms with E-state index in [0.29, 0.717) is 39.3 Å². The predicted octanol–water partition coefficient (Wildman–Crippen LogP) is 4.65. The van der Waals surface area contributed by atoms with E-state index in [2.05, 4.69) is 10.3 Å². The normalized spacial score (nSPS) is 11.0. The average Bonchev–Trinajstić information content (AvgIpc) is 2.97. The molecule has 148 valence electrons. The first kappa shape index (κ1) is 19.4. The Bertz CT molecular complexity index is 1240. The zero-order chi connectivity index (χ0) is 20.5. The Morgan fingerprint density at radius 1 is 1.03 bits per heavy atom. The van der Waals surface area contributed by atoms with Crippen LogP contribution in [-0.4, -0.2) is 21.2 Å². The number of hydrogen-bond acceptors (Lipinski definition) is 4. The number of halogens is 2. The highest BCUT2D eigenvalue weighted by atomic mass is 35.5. The molecule has 6 nitrogen and oxygen atoms in total. The quantitative estimate of drug-likeness (QED) is 0.502. The maximum Gasteiger partial charge on any atom is 0.334 e. The number of ether oxygens (including phenoxy) is 1. The highest BCUT2D eigenvalue weighted by Gasteiger charge is 2.18. The van der Waals surface area contributed by atoms with Gasteiger partial charge in [0, 0.05) is 19.2 Å². The number of aromatic nitrogens is 3. The molecule has 0 atom stereocenters. The van der Waals surface area contributed by atoms with E-state index in [0.717, 1.165) is 11.3 Å². The van der Waals surface area contributed by atoms with Gasteiger partial charge in [-0.1, -0.05) is 47.5 Å². The van der Waals surface area contributed by atoms with Crippen LogP contribution in [0, 0.1) is 0 Å². The van der Waals surface area contributed by atoms with Crippen LogP contribution in [0.5, 0.6) is 5.75 Å². The van der Waals surface area contributed by atoms with Crippen LogP contribution in [-0.2, 0) is 13.6 Å². The highest BCUT2D eigenvalue weighted by Crippen LogP contribution is 2.30. The van der Waals surface area contributed by atoms with Crippen LogP contribution in [0.1, 0.15) is 5.56 Å². The van der Waals surface area contributed by atoms with E-state index in [9.17, 15) is 4.79 Å². The zero-order valence-corrected chi connectivity index (χ0v) is 17.3. The third-order valence-corrected chi connectivity index (χ3v) is 5.31. The Kier molecular flexibility index (Phi) is 5.22. The maximum atomic E-state index is 12.9. The van der Waals surface area contributed by atoms with E-state index >= 15 is 0 Å². The molecular weight excluding hydrogens is 411 g/mol. The number of imidazole rings is 1. The van der Waals surface area contributed by atoms with E-state index in [4.69, 9.17) is 27.9 Å². The summed E-state index contributed by atoms with van der Waals surface area (Å²) in [5.41, 5.74) is 2.32. The van der Waals surface area contributed by atoms with E-state index in [1.54, 1.807) is 32.4 Å². The number of aryl methyl sites for hydroxylation is 1. The van der Waals surface area contributed by atoms with Crippen LogP contribution in [0.2, 0.25) is 10.0 Å². The van der Waals surface area contributed by atoms with Crippen molar-refractivity contribution in [2.24, 2.45) is 7.05 Å². The number of para-hydroxylation sites is 2. The van der Waals surface area contributed by atoms with Gasteiger partial charge in [0.2, 0.25) is 0 Å². The summed E-state index contributed by atoms with van der Waals surface area (Å²) in [6.45, 7) is 0.535. The summed E-state index contributed by atoms with van der Waals surface area (Å²) in [6, 6.07) is 16.5. The van der Waals surface area contributed by atoms with Crippen molar-refractivity contribution in [3.8, 4) is 11.4 Å². The molecule has 0 aliphatic carbocycles. The fourth-order valence-corrected chi connectivity index (χ4v) is 3.82. The molecule has 2 aromatic carbocycles. The van der Waals surface area contributed by atoms with Crippen LogP contribution >= 0.6 is 23.2 Å². The molecule has 2 heterocycles. The van der Waals surface area contributed by atoms with Crippen molar-refractivity contribution in [3.63, 3.8) is 0 Å². The Morgan fingerprint density at radius 3 is 2.48 bits per heavy atom. The molecule has 8 heteroatoms. The minimum absolute atomic E-state index is 0.274. The minimum atomic E-state index is -0.274. The van der Waals surface area contributed by atoms with E-state index in [-0.39, 0.29) is 5.69 Å². The SMILES string of the molecule is COc1ccccc1CNc1ccc2c(n1)n(C)c(=O)n2-c1c(Cl)cccc1Cl. The first-order valence-electron chi connectivity index (χ1n) is 8.90. The molecule has 0 radical (unpaired) electrons. The molecule has 4 rings (SSSR count). The molecule has 0 saturated carbocycles. The Hall–Kier alpha value is -2.96. The lowest BCUT2D eigenvalue weighted by molar-refractivity contribution is 0.410. The Labute approximate surface area is 177 Å². The number of nitrogens with one attached hydrogen (secondary N) is 1. The van der Waals surface area contributed by atoms with E-state index < -0.39 is 0 Å². The molecule has 0 bridgehead atoms. The summed E-state index contributed by atoms with van der Waals surface area (Å²) < 4.78 is 8.34. The lowest BCUT2D eigenvalue weighted by Crippen LogP contribution is -2.21. The summed E-state index contributed by atoms with van der Waals surface area (Å²) in [7, 11) is 3.31. The predicted molar refractivity (Wildman–Crippen MR) is 117 cm³/mol. The number of hydrogen-bond donors (Lipinski definition) is 1. The van der Waals surface area contributed by atoms with E-state index in [1.165, 1.54) is 9.13 Å². The van der Waals surface area contributed by atoms with Gasteiger partial charge in [0.1, 0.15) is 11.6 Å². The van der Waals surface area contributed by atoms with Crippen LogP contribution in [0.15, 0.2) is 59.4 Å². The number of benzene rings is 2. The highest BCUT2D eigenvalue weighted by molar-refractivity contribution is 6.37. The third kappa shape index (κ3) is 3.45. The van der Waals surface area contributed by atoms with Crippen molar-refractivity contribution >= 4 is 40.2 Å². The molecule has 0 aliphatic heterocycles. The average molecular weight is 429 g/mol. The van der Waals surface area contributed by atoms with Gasteiger partial charge in [-0.05, 0) is 30.3 Å². The fourth-order valence-electron chi connectivity index (χ4n) is 3.26. The second kappa shape index (κ2) is 7.81. The molecule has 0 amide bonds. The van der Waals surface area contributed by atoms with Crippen molar-refractivity contribution in [1.82, 2.24) is 14.1 Å². The second-order valence-corrected chi connectivity index (χ2v) is 7.27. The van der Waals surface area contributed by atoms with Gasteiger partial charge in [-0.3, -0.25) is 9.13 Å². The smallest absolute Gasteiger partial charge is 0.334 e. The van der Waals surface area contributed by atoms with Crippen LogP contribution in [0.3, 0.4) is 0 Å². The lowest BCUT2D eigenvalue weighted by atomic mass is 10.2. The molecule has 0 aliphatic rings. The molecule has 2 aromatic heterocycles. The fraction of sp³-hybridized carbons (Fsp3) is 0.143. The third-order valence-electron chi connectivity index (χ3n) is 4.70. The number of rotatable bonds is 5. The van der Waals surface area contributed by atoms with Gasteiger partial charge in [0.15, 0.2) is 5.65 Å². The Balaban J connectivity index is 1.75. The van der Waals surface area contributed by atoms with E-state index in [1.807, 2.05) is 36.4 Å². The van der Waals surface area contributed by atoms with Crippen molar-refractivity contribution < 1.29 is 4.74 Å². The molecular formula is C21H18Cl2N4O2. The summed E-state index contributed by atoms with van der Waals surface area (Å²) in [5.74, 6) is 1.44. The van der Waals surface area contributed by atoms with Gasteiger partial charge in [-0.25, -0.2) is 9.78 Å². The molecule has 4 aromatic rings. The topological polar surface area (TPSA) is 61.1 Å². The largest absolute Gasteiger partial charge is 0.496 e. The van der Waals surface area contributed by atoms with Gasteiger partial charge in [-0.2, -0.15) is 0 Å². The standard InChI is InChI=1S/C21H18Cl2N4O2/c1-26-20-16(27(21(26)28)19-14(22)7-5-8-15(19)23)10-11-18(25-20)24-12-13-6-3-4-9-17(13)29-2/h3-11H,12H2,1-2H3,(H,24,25). The summed E-state index contributed by atoms with van der Waals surface area (Å²) in [6.07, 6.45) is 0. The van der Waals surface area contributed by atoms with Gasteiger partial charge in [0.25, 0.3) is 0 Å². The second-order valence-electron chi connectivity index (χ2n) is 6.45.